The summed E-state index contributed by atoms with van der Waals surface area (Å²) in [5, 5.41) is 3.05. The lowest BCUT2D eigenvalue weighted by atomic mass is 10.1. The van der Waals surface area contributed by atoms with Crippen LogP contribution in [0.25, 0.3) is 0 Å². The number of nitrogens with zero attached hydrogens (tertiary/aromatic N) is 2. The first-order valence-corrected chi connectivity index (χ1v) is 12.6. The predicted molar refractivity (Wildman–Crippen MR) is 130 cm³/mol. The summed E-state index contributed by atoms with van der Waals surface area (Å²) in [5.74, 6) is 0.412. The van der Waals surface area contributed by atoms with Gasteiger partial charge in [0, 0.05) is 19.6 Å². The van der Waals surface area contributed by atoms with Gasteiger partial charge in [-0.3, -0.25) is 9.59 Å². The number of hydrogen-bond donors (Lipinski definition) is 1. The normalized spacial score (nSPS) is 15.7. The number of rotatable bonds is 17. The number of nitrogens with one attached hydrogen (secondary N) is 1. The first-order valence-electron chi connectivity index (χ1n) is 12.6. The van der Waals surface area contributed by atoms with Crippen LogP contribution in [0.5, 0.6) is 5.75 Å². The molecule has 1 fully saturated rings. The van der Waals surface area contributed by atoms with E-state index in [9.17, 15) is 14.4 Å². The van der Waals surface area contributed by atoms with E-state index in [4.69, 9.17) is 4.74 Å². The number of carbonyl (C=O) groups is 3. The quantitative estimate of drug-likeness (QED) is 0.266. The summed E-state index contributed by atoms with van der Waals surface area (Å²) < 4.78 is 4.84. The van der Waals surface area contributed by atoms with Crippen LogP contribution in [0.15, 0.2) is 24.3 Å². The van der Waals surface area contributed by atoms with E-state index in [1.807, 2.05) is 12.1 Å². The van der Waals surface area contributed by atoms with Crippen LogP contribution < -0.4 is 10.1 Å². The van der Waals surface area contributed by atoms with Crippen LogP contribution in [-0.4, -0.2) is 53.9 Å². The third kappa shape index (κ3) is 9.06. The first kappa shape index (κ1) is 26.7. The number of amides is 3. The van der Waals surface area contributed by atoms with E-state index in [1.165, 1.54) is 32.1 Å². The van der Waals surface area contributed by atoms with Gasteiger partial charge < -0.3 is 19.9 Å². The molecular formula is C26H41N3O4. The number of benzene rings is 1. The summed E-state index contributed by atoms with van der Waals surface area (Å²) >= 11 is 0. The molecule has 1 saturated heterocycles. The molecule has 0 aliphatic carbocycles. The molecule has 2 rings (SSSR count). The van der Waals surface area contributed by atoms with Crippen molar-refractivity contribution in [2.45, 2.75) is 90.6 Å². The van der Waals surface area contributed by atoms with Gasteiger partial charge >= 0.3 is 6.03 Å². The molecule has 3 amide bonds. The smallest absolute Gasteiger partial charge is 0.321 e. The van der Waals surface area contributed by atoms with Crippen molar-refractivity contribution in [2.75, 3.05) is 19.6 Å². The summed E-state index contributed by atoms with van der Waals surface area (Å²) in [4.78, 5) is 40.1. The Labute approximate surface area is 198 Å². The van der Waals surface area contributed by atoms with E-state index >= 15 is 0 Å². The average Bonchev–Trinajstić information content (AvgIpc) is 3.12. The van der Waals surface area contributed by atoms with Gasteiger partial charge in [0.05, 0.1) is 6.54 Å². The summed E-state index contributed by atoms with van der Waals surface area (Å²) in [6, 6.07) is 6.56. The highest BCUT2D eigenvalue weighted by atomic mass is 16.5. The van der Waals surface area contributed by atoms with E-state index in [-0.39, 0.29) is 11.9 Å². The molecule has 1 N–H and O–H groups in total. The Hall–Kier alpha value is -2.57. The lowest BCUT2D eigenvalue weighted by Crippen LogP contribution is -2.46. The van der Waals surface area contributed by atoms with Gasteiger partial charge in [-0.05, 0) is 30.5 Å². The molecule has 1 aromatic rings. The highest BCUT2D eigenvalue weighted by Crippen LogP contribution is 2.22. The van der Waals surface area contributed by atoms with Gasteiger partial charge in [0.2, 0.25) is 5.91 Å². The molecule has 0 bridgehead atoms. The van der Waals surface area contributed by atoms with Gasteiger partial charge in [-0.15, -0.1) is 0 Å². The second-order valence-electron chi connectivity index (χ2n) is 8.85. The van der Waals surface area contributed by atoms with Crippen LogP contribution in [0.3, 0.4) is 0 Å². The Morgan fingerprint density at radius 1 is 1.00 bits per heavy atom. The van der Waals surface area contributed by atoms with Gasteiger partial charge in [0.1, 0.15) is 11.8 Å². The van der Waals surface area contributed by atoms with Crippen LogP contribution in [-0.2, 0) is 16.1 Å². The SMILES string of the molecule is CCCCCCCCN1C(=O)N(Cc2ccc(OC=O)cc2)C[C@H]1C(=O)NCCCCCC. The Morgan fingerprint density at radius 3 is 2.30 bits per heavy atom. The predicted octanol–water partition coefficient (Wildman–Crippen LogP) is 4.89. The summed E-state index contributed by atoms with van der Waals surface area (Å²) in [6.45, 7) is 6.85. The van der Waals surface area contributed by atoms with Crippen LogP contribution in [0.1, 0.15) is 83.6 Å². The zero-order valence-corrected chi connectivity index (χ0v) is 20.4. The van der Waals surface area contributed by atoms with Crippen molar-refractivity contribution >= 4 is 18.4 Å². The molecule has 7 heteroatoms. The van der Waals surface area contributed by atoms with Crippen molar-refractivity contribution < 1.29 is 19.1 Å². The summed E-state index contributed by atoms with van der Waals surface area (Å²) in [6.07, 6.45) is 11.3. The molecule has 1 aliphatic heterocycles. The van der Waals surface area contributed by atoms with Crippen LogP contribution in [0.2, 0.25) is 0 Å². The monoisotopic (exact) mass is 459 g/mol. The molecule has 1 aliphatic rings. The van der Waals surface area contributed by atoms with Crippen LogP contribution >= 0.6 is 0 Å². The molecule has 184 valence electrons. The zero-order valence-electron chi connectivity index (χ0n) is 20.4. The fourth-order valence-electron chi connectivity index (χ4n) is 4.20. The fraction of sp³-hybridized carbons (Fsp3) is 0.654. The molecule has 0 saturated carbocycles. The Morgan fingerprint density at radius 2 is 1.64 bits per heavy atom. The Bertz CT molecular complexity index is 723. The minimum atomic E-state index is -0.447. The molecule has 0 aromatic heterocycles. The van der Waals surface area contributed by atoms with Gasteiger partial charge in [0.15, 0.2) is 0 Å². The molecule has 1 aromatic carbocycles. The minimum absolute atomic E-state index is 0.0527. The molecule has 0 spiro atoms. The maximum Gasteiger partial charge on any atom is 0.321 e. The average molecular weight is 460 g/mol. The summed E-state index contributed by atoms with van der Waals surface area (Å²) in [5.41, 5.74) is 0.932. The Kier molecular flexibility index (Phi) is 12.4. The number of ether oxygens (including phenoxy) is 1. The second kappa shape index (κ2) is 15.3. The molecule has 33 heavy (non-hydrogen) atoms. The highest BCUT2D eigenvalue weighted by Gasteiger charge is 2.40. The summed E-state index contributed by atoms with van der Waals surface area (Å²) in [7, 11) is 0. The van der Waals surface area contributed by atoms with E-state index in [0.29, 0.717) is 38.4 Å². The molecule has 0 unspecified atom stereocenters. The van der Waals surface area contributed by atoms with E-state index in [2.05, 4.69) is 19.2 Å². The topological polar surface area (TPSA) is 79.0 Å². The number of urea groups is 1. The van der Waals surface area contributed by atoms with Crippen molar-refractivity contribution in [3.63, 3.8) is 0 Å². The molecular weight excluding hydrogens is 418 g/mol. The molecule has 7 nitrogen and oxygen atoms in total. The van der Waals surface area contributed by atoms with Crippen molar-refractivity contribution in [3.05, 3.63) is 29.8 Å². The van der Waals surface area contributed by atoms with Crippen LogP contribution in [0, 0.1) is 0 Å². The third-order valence-electron chi connectivity index (χ3n) is 6.15. The third-order valence-corrected chi connectivity index (χ3v) is 6.15. The fourth-order valence-corrected chi connectivity index (χ4v) is 4.20. The van der Waals surface area contributed by atoms with Gasteiger partial charge in [-0.1, -0.05) is 77.3 Å². The molecule has 1 heterocycles. The maximum atomic E-state index is 13.2. The lowest BCUT2D eigenvalue weighted by molar-refractivity contribution is -0.124. The van der Waals surface area contributed by atoms with Crippen molar-refractivity contribution in [1.29, 1.82) is 0 Å². The standard InChI is InChI=1S/C26H41N3O4/c1-3-5-7-9-10-12-18-29-24(25(31)27-17-11-8-6-4-2)20-28(26(29)32)19-22-13-15-23(16-14-22)33-21-30/h13-16,21,24H,3-12,17-20H2,1-2H3,(H,27,31)/t24-/m0/s1. The van der Waals surface area contributed by atoms with Crippen molar-refractivity contribution in [1.82, 2.24) is 15.1 Å². The maximum absolute atomic E-state index is 13.2. The highest BCUT2D eigenvalue weighted by molar-refractivity contribution is 5.90. The number of carbonyl (C=O) groups excluding carboxylic acids is 3. The first-order chi connectivity index (χ1) is 16.1. The molecule has 0 radical (unpaired) electrons. The Balaban J connectivity index is 1.96. The van der Waals surface area contributed by atoms with E-state index < -0.39 is 6.04 Å². The number of hydrogen-bond acceptors (Lipinski definition) is 4. The van der Waals surface area contributed by atoms with Gasteiger partial charge in [0.25, 0.3) is 6.47 Å². The van der Waals surface area contributed by atoms with Gasteiger partial charge in [-0.25, -0.2) is 4.79 Å². The minimum Gasteiger partial charge on any atom is -0.429 e. The number of unbranched alkanes of at least 4 members (excludes halogenated alkanes) is 8. The van der Waals surface area contributed by atoms with Crippen molar-refractivity contribution in [2.24, 2.45) is 0 Å². The van der Waals surface area contributed by atoms with Crippen molar-refractivity contribution in [3.8, 4) is 5.75 Å². The van der Waals surface area contributed by atoms with E-state index in [1.54, 1.807) is 21.9 Å². The van der Waals surface area contributed by atoms with Gasteiger partial charge in [-0.2, -0.15) is 0 Å². The van der Waals surface area contributed by atoms with E-state index in [0.717, 1.165) is 37.7 Å². The largest absolute Gasteiger partial charge is 0.429 e. The lowest BCUT2D eigenvalue weighted by Gasteiger charge is -2.22. The second-order valence-corrected chi connectivity index (χ2v) is 8.85. The molecule has 1 atom stereocenters. The zero-order chi connectivity index (χ0) is 23.9. The van der Waals surface area contributed by atoms with Crippen LogP contribution in [0.4, 0.5) is 4.79 Å².